The molecule has 1 aliphatic heterocycles. The fraction of sp³-hybridized carbons (Fsp3) is 0.222. The van der Waals surface area contributed by atoms with Crippen molar-refractivity contribution in [2.75, 3.05) is 20.0 Å². The number of halogens is 1. The van der Waals surface area contributed by atoms with Gasteiger partial charge in [-0.25, -0.2) is 5.01 Å². The van der Waals surface area contributed by atoms with E-state index in [0.29, 0.717) is 21.5 Å². The van der Waals surface area contributed by atoms with Gasteiger partial charge in [-0.15, -0.1) is 11.8 Å². The third-order valence-corrected chi connectivity index (χ3v) is 5.80. The first kappa shape index (κ1) is 18.6. The molecule has 1 heterocycles. The van der Waals surface area contributed by atoms with Crippen LogP contribution < -0.4 is 14.9 Å². The molecule has 0 bridgehead atoms. The van der Waals surface area contributed by atoms with Crippen molar-refractivity contribution in [3.63, 3.8) is 0 Å². The van der Waals surface area contributed by atoms with Gasteiger partial charge in [0.1, 0.15) is 16.9 Å². The molecule has 0 spiro atoms. The Labute approximate surface area is 163 Å². The van der Waals surface area contributed by atoms with Crippen LogP contribution in [0, 0.1) is 0 Å². The molecule has 136 valence electrons. The van der Waals surface area contributed by atoms with Gasteiger partial charge in [-0.05, 0) is 40.2 Å². The molecular weight excluding hydrogens is 420 g/mol. The average molecular weight is 437 g/mol. The molecule has 1 atom stereocenters. The molecule has 1 aliphatic rings. The molecule has 2 amide bonds. The minimum Gasteiger partial charge on any atom is -0.497 e. The van der Waals surface area contributed by atoms with Gasteiger partial charge in [0.05, 0.1) is 25.5 Å². The molecule has 6 nitrogen and oxygen atoms in total. The second kappa shape index (κ2) is 8.01. The van der Waals surface area contributed by atoms with Crippen molar-refractivity contribution < 1.29 is 19.1 Å². The van der Waals surface area contributed by atoms with E-state index in [-0.39, 0.29) is 17.0 Å². The van der Waals surface area contributed by atoms with Crippen molar-refractivity contribution in [3.8, 4) is 11.5 Å². The van der Waals surface area contributed by atoms with Crippen LogP contribution >= 0.6 is 27.7 Å². The minimum atomic E-state index is -0.397. The van der Waals surface area contributed by atoms with Gasteiger partial charge < -0.3 is 9.47 Å². The summed E-state index contributed by atoms with van der Waals surface area (Å²) in [5, 5.41) is 1.00. The number of para-hydroxylation sites is 1. The lowest BCUT2D eigenvalue weighted by atomic mass is 10.2. The number of ether oxygens (including phenoxy) is 2. The summed E-state index contributed by atoms with van der Waals surface area (Å²) < 4.78 is 11.2. The second-order valence-corrected chi connectivity index (χ2v) is 7.38. The van der Waals surface area contributed by atoms with E-state index in [1.165, 1.54) is 23.9 Å². The highest BCUT2D eigenvalue weighted by Gasteiger charge is 2.36. The molecule has 26 heavy (non-hydrogen) atoms. The summed E-state index contributed by atoms with van der Waals surface area (Å²) in [4.78, 5) is 25.1. The van der Waals surface area contributed by atoms with Gasteiger partial charge in [0.15, 0.2) is 0 Å². The lowest BCUT2D eigenvalue weighted by molar-refractivity contribution is -0.130. The fourth-order valence-electron chi connectivity index (χ4n) is 2.62. The number of rotatable bonds is 5. The number of carbonyl (C=O) groups excluding carboxylic acids is 2. The largest absolute Gasteiger partial charge is 0.497 e. The van der Waals surface area contributed by atoms with Gasteiger partial charge in [0, 0.05) is 10.0 Å². The van der Waals surface area contributed by atoms with E-state index in [1.807, 2.05) is 24.3 Å². The first-order chi connectivity index (χ1) is 12.5. The Morgan fingerprint density at radius 1 is 1.23 bits per heavy atom. The number of hydrogen-bond acceptors (Lipinski definition) is 5. The van der Waals surface area contributed by atoms with Crippen LogP contribution in [0.4, 0.5) is 0 Å². The molecule has 1 saturated heterocycles. The summed E-state index contributed by atoms with van der Waals surface area (Å²) >= 11 is 4.80. The van der Waals surface area contributed by atoms with Crippen LogP contribution in [0.1, 0.15) is 21.3 Å². The molecule has 2 aromatic rings. The highest BCUT2D eigenvalue weighted by molar-refractivity contribution is 9.10. The molecule has 0 aliphatic carbocycles. The Hall–Kier alpha value is -2.19. The lowest BCUT2D eigenvalue weighted by Crippen LogP contribution is -2.44. The van der Waals surface area contributed by atoms with Gasteiger partial charge in [-0.2, -0.15) is 0 Å². The number of hydrogen-bond donors (Lipinski definition) is 1. The molecule has 0 radical (unpaired) electrons. The van der Waals surface area contributed by atoms with Crippen LogP contribution in [0.3, 0.4) is 0 Å². The molecular formula is C18H17BrN2O4S. The predicted octanol–water partition coefficient (Wildman–Crippen LogP) is 3.39. The normalized spacial score (nSPS) is 16.5. The topological polar surface area (TPSA) is 67.9 Å². The average Bonchev–Trinajstić information content (AvgIpc) is 3.02. The predicted molar refractivity (Wildman–Crippen MR) is 103 cm³/mol. The molecule has 0 saturated carbocycles. The van der Waals surface area contributed by atoms with Crippen LogP contribution in [0.25, 0.3) is 0 Å². The Morgan fingerprint density at radius 2 is 2.00 bits per heavy atom. The lowest BCUT2D eigenvalue weighted by Gasteiger charge is -2.26. The molecule has 8 heteroatoms. The third-order valence-electron chi connectivity index (χ3n) is 3.91. The summed E-state index contributed by atoms with van der Waals surface area (Å²) in [5.41, 5.74) is 3.93. The van der Waals surface area contributed by atoms with E-state index >= 15 is 0 Å². The molecule has 3 rings (SSSR count). The van der Waals surface area contributed by atoms with E-state index < -0.39 is 5.91 Å². The third kappa shape index (κ3) is 3.66. The van der Waals surface area contributed by atoms with Gasteiger partial charge in [-0.1, -0.05) is 18.2 Å². The number of nitrogens with zero attached hydrogens (tertiary/aromatic N) is 1. The maximum Gasteiger partial charge on any atom is 0.271 e. The van der Waals surface area contributed by atoms with E-state index in [0.717, 1.165) is 5.56 Å². The summed E-state index contributed by atoms with van der Waals surface area (Å²) in [5.74, 6) is 0.940. The zero-order valence-corrected chi connectivity index (χ0v) is 16.6. The van der Waals surface area contributed by atoms with Crippen molar-refractivity contribution >= 4 is 39.5 Å². The van der Waals surface area contributed by atoms with Crippen molar-refractivity contribution in [3.05, 3.63) is 58.1 Å². The summed E-state index contributed by atoms with van der Waals surface area (Å²) in [6.07, 6.45) is 0. The number of nitrogens with one attached hydrogen (secondary N) is 1. The number of amides is 2. The van der Waals surface area contributed by atoms with Crippen LogP contribution in [0.2, 0.25) is 0 Å². The van der Waals surface area contributed by atoms with Gasteiger partial charge in [0.25, 0.3) is 11.8 Å². The van der Waals surface area contributed by atoms with Crippen LogP contribution in [-0.4, -0.2) is 36.8 Å². The number of hydrazine groups is 1. The quantitative estimate of drug-likeness (QED) is 0.777. The maximum atomic E-state index is 12.7. The molecule has 1 N–H and O–H groups in total. The van der Waals surface area contributed by atoms with E-state index in [2.05, 4.69) is 21.4 Å². The van der Waals surface area contributed by atoms with Crippen molar-refractivity contribution in [2.24, 2.45) is 0 Å². The Bertz CT molecular complexity index is 846. The highest BCUT2D eigenvalue weighted by Crippen LogP contribution is 2.41. The Morgan fingerprint density at radius 3 is 2.73 bits per heavy atom. The van der Waals surface area contributed by atoms with Crippen molar-refractivity contribution in [1.82, 2.24) is 10.4 Å². The number of carbonyl (C=O) groups is 2. The van der Waals surface area contributed by atoms with Crippen LogP contribution in [0.5, 0.6) is 11.5 Å². The zero-order chi connectivity index (χ0) is 18.7. The van der Waals surface area contributed by atoms with Gasteiger partial charge >= 0.3 is 0 Å². The van der Waals surface area contributed by atoms with Crippen molar-refractivity contribution in [2.45, 2.75) is 5.37 Å². The molecule has 1 unspecified atom stereocenters. The molecule has 2 aromatic carbocycles. The smallest absolute Gasteiger partial charge is 0.271 e. The number of benzene rings is 2. The van der Waals surface area contributed by atoms with E-state index in [1.54, 1.807) is 25.3 Å². The first-order valence-corrected chi connectivity index (χ1v) is 9.60. The first-order valence-electron chi connectivity index (χ1n) is 7.76. The Kier molecular flexibility index (Phi) is 5.73. The minimum absolute atomic E-state index is 0.168. The monoisotopic (exact) mass is 436 g/mol. The van der Waals surface area contributed by atoms with E-state index in [4.69, 9.17) is 9.47 Å². The molecule has 0 aromatic heterocycles. The maximum absolute atomic E-state index is 12.7. The standard InChI is InChI=1S/C18H17BrN2O4S/c1-24-11-7-8-14(19)13(9-11)17(23)20-21-16(22)10-26-18(21)12-5-3-4-6-15(12)25-2/h3-9,18H,10H2,1-2H3,(H,20,23). The molecule has 1 fully saturated rings. The Balaban J connectivity index is 1.87. The summed E-state index contributed by atoms with van der Waals surface area (Å²) in [6, 6.07) is 12.5. The zero-order valence-electron chi connectivity index (χ0n) is 14.2. The number of thioether (sulfide) groups is 1. The van der Waals surface area contributed by atoms with Crippen molar-refractivity contribution in [1.29, 1.82) is 0 Å². The van der Waals surface area contributed by atoms with Gasteiger partial charge in [-0.3, -0.25) is 15.0 Å². The summed E-state index contributed by atoms with van der Waals surface area (Å²) in [7, 11) is 3.11. The fourth-order valence-corrected chi connectivity index (χ4v) is 4.18. The van der Waals surface area contributed by atoms with E-state index in [9.17, 15) is 9.59 Å². The SMILES string of the molecule is COc1ccc(Br)c(C(=O)NN2C(=O)CSC2c2ccccc2OC)c1. The number of methoxy groups -OCH3 is 2. The summed E-state index contributed by atoms with van der Waals surface area (Å²) in [6.45, 7) is 0. The van der Waals surface area contributed by atoms with Crippen LogP contribution in [0.15, 0.2) is 46.9 Å². The van der Waals surface area contributed by atoms with Gasteiger partial charge in [0.2, 0.25) is 0 Å². The second-order valence-electron chi connectivity index (χ2n) is 5.46. The highest BCUT2D eigenvalue weighted by atomic mass is 79.9. The van der Waals surface area contributed by atoms with Crippen LogP contribution in [-0.2, 0) is 4.79 Å².